The Morgan fingerprint density at radius 3 is 1.97 bits per heavy atom. The van der Waals surface area contributed by atoms with Crippen LogP contribution >= 0.6 is 0 Å². The smallest absolute Gasteiger partial charge is 0.360 e. The summed E-state index contributed by atoms with van der Waals surface area (Å²) < 4.78 is 33.5. The van der Waals surface area contributed by atoms with Gasteiger partial charge in [0.2, 0.25) is 0 Å². The number of fused-ring (bicyclic) bond motifs is 1. The van der Waals surface area contributed by atoms with E-state index in [0.717, 1.165) is 25.7 Å². The van der Waals surface area contributed by atoms with Crippen molar-refractivity contribution in [2.45, 2.75) is 123 Å². The summed E-state index contributed by atoms with van der Waals surface area (Å²) in [6, 6.07) is 0. The van der Waals surface area contributed by atoms with Gasteiger partial charge in [-0.05, 0) is 84.0 Å². The van der Waals surface area contributed by atoms with Gasteiger partial charge >= 0.3 is 17.8 Å². The second kappa shape index (κ2) is 20.7. The van der Waals surface area contributed by atoms with E-state index in [9.17, 15) is 0 Å². The summed E-state index contributed by atoms with van der Waals surface area (Å²) in [7, 11) is -5.21. The monoisotopic (exact) mass is 714 g/mol. The first-order chi connectivity index (χ1) is 15.3. The Labute approximate surface area is 273 Å². The number of hydrogen-bond donors (Lipinski definition) is 0. The summed E-state index contributed by atoms with van der Waals surface area (Å²) in [6.07, 6.45) is 9.64. The van der Waals surface area contributed by atoms with E-state index in [1.165, 1.54) is 38.5 Å². The molecule has 35 heavy (non-hydrogen) atoms. The molecule has 0 amide bonds. The summed E-state index contributed by atoms with van der Waals surface area (Å²) in [6.45, 7) is 24.2. The summed E-state index contributed by atoms with van der Waals surface area (Å²) in [5, 5.41) is 0. The first-order valence-electron chi connectivity index (χ1n) is 12.9. The van der Waals surface area contributed by atoms with Crippen molar-refractivity contribution < 1.29 is 92.0 Å². The van der Waals surface area contributed by atoms with Gasteiger partial charge in [-0.25, -0.2) is 0 Å². The first-order valence-corrected chi connectivity index (χ1v) is 23.4. The fourth-order valence-corrected chi connectivity index (χ4v) is 15.0. The molecule has 0 N–H and O–H groups in total. The molecule has 2 aliphatic heterocycles. The van der Waals surface area contributed by atoms with Gasteiger partial charge in [-0.15, -0.1) is 0 Å². The number of unbranched alkanes of at least 4 members (excludes halogenated alkanes) is 1. The second-order valence-electron chi connectivity index (χ2n) is 10.9. The zero-order valence-corrected chi connectivity index (χ0v) is 34.0. The van der Waals surface area contributed by atoms with Gasteiger partial charge in [0.1, 0.15) is 6.10 Å². The molecular weight excluding hydrogens is 662 g/mol. The zero-order chi connectivity index (χ0) is 25.1. The van der Waals surface area contributed by atoms with Crippen molar-refractivity contribution in [3.63, 3.8) is 0 Å². The predicted octanol–water partition coefficient (Wildman–Crippen LogP) is 6.10. The van der Waals surface area contributed by atoms with Crippen molar-refractivity contribution in [2.24, 2.45) is 5.92 Å². The minimum Gasteiger partial charge on any atom is -0.437 e. The van der Waals surface area contributed by atoms with Crippen molar-refractivity contribution in [1.29, 1.82) is 0 Å². The largest absolute Gasteiger partial charge is 0.437 e. The maximum atomic E-state index is 5.98. The minimum absolute atomic E-state index is 0. The SMILES string of the molecule is CCC1CCC2OC2C1.CCCCOCC1CO1.C[Si](C)O[Si](C)(C)O[Si](C)O[Si](C)(C)C.[Y].[Y]. The van der Waals surface area contributed by atoms with Crippen LogP contribution in [-0.2, 0) is 92.0 Å². The first kappa shape index (κ1) is 40.0. The maximum absolute atomic E-state index is 5.98. The van der Waals surface area contributed by atoms with Crippen LogP contribution < -0.4 is 0 Å². The Bertz CT molecular complexity index is 525. The molecule has 3 rings (SSSR count). The van der Waals surface area contributed by atoms with Crippen molar-refractivity contribution >= 4 is 35.2 Å². The van der Waals surface area contributed by atoms with Crippen LogP contribution in [0.5, 0.6) is 0 Å². The average Bonchev–Trinajstić information content (AvgIpc) is 3.57. The topological polar surface area (TPSA) is 62.0 Å². The molecule has 4 atom stereocenters. The van der Waals surface area contributed by atoms with E-state index in [0.29, 0.717) is 18.3 Å². The van der Waals surface area contributed by atoms with E-state index in [1.807, 2.05) is 0 Å². The summed E-state index contributed by atoms with van der Waals surface area (Å²) in [5.41, 5.74) is 0. The molecule has 0 aromatic rings. The quantitative estimate of drug-likeness (QED) is 0.138. The number of hydrogen-bond acceptors (Lipinski definition) is 6. The Balaban J connectivity index is 0. The van der Waals surface area contributed by atoms with Crippen LogP contribution in [0.4, 0.5) is 0 Å². The van der Waals surface area contributed by atoms with Gasteiger partial charge in [0, 0.05) is 72.0 Å². The summed E-state index contributed by atoms with van der Waals surface area (Å²) in [4.78, 5) is 0. The fraction of sp³-hybridized carbons (Fsp3) is 1.00. The van der Waals surface area contributed by atoms with Crippen LogP contribution in [-0.4, -0.2) is 73.3 Å². The van der Waals surface area contributed by atoms with Crippen LogP contribution in [0.15, 0.2) is 0 Å². The molecule has 0 bridgehead atoms. The third kappa shape index (κ3) is 23.3. The van der Waals surface area contributed by atoms with Crippen molar-refractivity contribution in [3.8, 4) is 0 Å². The Morgan fingerprint density at radius 1 is 0.886 bits per heavy atom. The molecule has 0 aromatic carbocycles. The van der Waals surface area contributed by atoms with E-state index in [2.05, 4.69) is 66.2 Å². The van der Waals surface area contributed by atoms with Gasteiger partial charge < -0.3 is 26.6 Å². The van der Waals surface area contributed by atoms with Gasteiger partial charge in [0.15, 0.2) is 17.4 Å². The van der Waals surface area contributed by atoms with Crippen LogP contribution in [0.25, 0.3) is 0 Å². The number of ether oxygens (including phenoxy) is 3. The Morgan fingerprint density at radius 2 is 1.51 bits per heavy atom. The van der Waals surface area contributed by atoms with Gasteiger partial charge in [-0.2, -0.15) is 0 Å². The van der Waals surface area contributed by atoms with Crippen LogP contribution in [0.2, 0.25) is 52.4 Å². The summed E-state index contributed by atoms with van der Waals surface area (Å²) in [5.74, 6) is 0.980. The zero-order valence-electron chi connectivity index (χ0n) is 24.3. The van der Waals surface area contributed by atoms with Crippen LogP contribution in [0, 0.1) is 5.92 Å². The Kier molecular flexibility index (Phi) is 23.6. The molecule has 2 saturated heterocycles. The van der Waals surface area contributed by atoms with Crippen LogP contribution in [0.1, 0.15) is 52.4 Å². The minimum atomic E-state index is -1.94. The molecule has 202 valence electrons. The molecular formula is C23H52O6Si4Y2. The molecule has 1 aliphatic carbocycles. The van der Waals surface area contributed by atoms with Crippen molar-refractivity contribution in [3.05, 3.63) is 0 Å². The van der Waals surface area contributed by atoms with Gasteiger partial charge in [0.05, 0.1) is 25.4 Å². The molecule has 3 aliphatic rings. The molecule has 6 nitrogen and oxygen atoms in total. The van der Waals surface area contributed by atoms with Crippen LogP contribution in [0.3, 0.4) is 0 Å². The molecule has 0 spiro atoms. The van der Waals surface area contributed by atoms with E-state index >= 15 is 0 Å². The van der Waals surface area contributed by atoms with Gasteiger partial charge in [-0.3, -0.25) is 0 Å². The standard InChI is InChI=1S/C8H24O3Si4.C8H14O.C7H14O2.2Y/c1-12(2)9-15(7,8)11-13(3)10-14(4,5)6;1-2-6-3-4-7-8(5-6)9-7;1-2-3-4-8-5-7-6-9-7;;/h1-8H3;6-8H,2-5H2,1H3;7H,2-6H2,1H3;;. The average molecular weight is 715 g/mol. The van der Waals surface area contributed by atoms with E-state index in [1.54, 1.807) is 0 Å². The molecule has 12 heteroatoms. The third-order valence-electron chi connectivity index (χ3n) is 5.33. The molecule has 1 saturated carbocycles. The number of epoxide rings is 2. The second-order valence-corrected chi connectivity index (χ2v) is 23.2. The molecule has 3 fully saturated rings. The fourth-order valence-electron chi connectivity index (χ4n) is 3.79. The van der Waals surface area contributed by atoms with Gasteiger partial charge in [0.25, 0.3) is 0 Å². The molecule has 0 aromatic heterocycles. The van der Waals surface area contributed by atoms with E-state index < -0.39 is 35.2 Å². The third-order valence-corrected chi connectivity index (χ3v) is 15.6. The number of rotatable bonds is 12. The van der Waals surface area contributed by atoms with E-state index in [-0.39, 0.29) is 65.4 Å². The Hall–Kier alpha value is 2.84. The van der Waals surface area contributed by atoms with E-state index in [4.69, 9.17) is 26.6 Å². The van der Waals surface area contributed by atoms with Crippen molar-refractivity contribution in [1.82, 2.24) is 0 Å². The molecule has 4 unspecified atom stereocenters. The van der Waals surface area contributed by atoms with Crippen molar-refractivity contribution in [2.75, 3.05) is 19.8 Å². The maximum Gasteiger partial charge on any atom is 0.360 e. The summed E-state index contributed by atoms with van der Waals surface area (Å²) >= 11 is 0. The normalized spacial score (nSPS) is 24.7. The molecule has 4 radical (unpaired) electrons. The molecule has 2 heterocycles. The van der Waals surface area contributed by atoms with Gasteiger partial charge in [-0.1, -0.05) is 26.7 Å². The predicted molar refractivity (Wildman–Crippen MR) is 145 cm³/mol.